The summed E-state index contributed by atoms with van der Waals surface area (Å²) in [7, 11) is 0. The van der Waals surface area contributed by atoms with Crippen LogP contribution in [0.5, 0.6) is 0 Å². The number of β-amino-alcohol motifs (C(OH)–C–C–N with tert-alkyl or cyclic N) is 1. The van der Waals surface area contributed by atoms with Crippen LogP contribution in [0.4, 0.5) is 24.5 Å². The zero-order valence-corrected chi connectivity index (χ0v) is 20.5. The molecule has 1 heterocycles. The third-order valence-electron chi connectivity index (χ3n) is 6.77. The molecule has 0 radical (unpaired) electrons. The van der Waals surface area contributed by atoms with Crippen molar-refractivity contribution in [2.75, 3.05) is 18.4 Å². The van der Waals surface area contributed by atoms with Crippen LogP contribution in [0.25, 0.3) is 0 Å². The summed E-state index contributed by atoms with van der Waals surface area (Å²) in [6.07, 6.45) is 8.97. The molecule has 2 fully saturated rings. The van der Waals surface area contributed by atoms with Gasteiger partial charge in [0, 0.05) is 3.57 Å². The molecule has 0 spiro atoms. The largest absolute Gasteiger partial charge is 0.386 e. The summed E-state index contributed by atoms with van der Waals surface area (Å²) in [5, 5.41) is 13.4. The second kappa shape index (κ2) is 10.2. The molecule has 0 bridgehead atoms. The normalized spacial score (nSPS) is 18.5. The van der Waals surface area contributed by atoms with Crippen LogP contribution >= 0.6 is 22.6 Å². The number of hydrogen-bond acceptors (Lipinski definition) is 3. The molecule has 2 aromatic rings. The summed E-state index contributed by atoms with van der Waals surface area (Å²) in [5.41, 5.74) is -1.51. The van der Waals surface area contributed by atoms with Gasteiger partial charge in [-0.05, 0) is 71.7 Å². The predicted molar refractivity (Wildman–Crippen MR) is 130 cm³/mol. The van der Waals surface area contributed by atoms with Crippen molar-refractivity contribution >= 4 is 39.9 Å². The van der Waals surface area contributed by atoms with Gasteiger partial charge >= 0.3 is 0 Å². The van der Waals surface area contributed by atoms with Gasteiger partial charge in [-0.1, -0.05) is 38.5 Å². The Morgan fingerprint density at radius 2 is 1.76 bits per heavy atom. The fraction of sp³-hybridized carbons (Fsp3) is 0.480. The molecule has 1 aliphatic carbocycles. The van der Waals surface area contributed by atoms with E-state index in [1.165, 1.54) is 61.6 Å². The van der Waals surface area contributed by atoms with Crippen LogP contribution in [0.1, 0.15) is 61.7 Å². The number of rotatable bonds is 6. The van der Waals surface area contributed by atoms with Gasteiger partial charge in [-0.15, -0.1) is 0 Å². The van der Waals surface area contributed by atoms with Gasteiger partial charge in [-0.2, -0.15) is 0 Å². The van der Waals surface area contributed by atoms with E-state index in [9.17, 15) is 23.1 Å². The first-order valence-electron chi connectivity index (χ1n) is 11.5. The molecule has 1 amide bonds. The molecule has 0 atom stereocenters. The van der Waals surface area contributed by atoms with E-state index in [2.05, 4.69) is 5.32 Å². The lowest BCUT2D eigenvalue weighted by atomic mass is 9.83. The van der Waals surface area contributed by atoms with Gasteiger partial charge in [-0.25, -0.2) is 13.2 Å². The van der Waals surface area contributed by atoms with Gasteiger partial charge in [0.15, 0.2) is 11.6 Å². The minimum absolute atomic E-state index is 0.0579. The smallest absolute Gasteiger partial charge is 0.256 e. The number of carbonyl (C=O) groups excluding carboxylic acids is 1. The second-order valence-corrected chi connectivity index (χ2v) is 10.6. The number of nitrogens with one attached hydrogen (secondary N) is 1. The molecule has 0 unspecified atom stereocenters. The maximum Gasteiger partial charge on any atom is 0.256 e. The van der Waals surface area contributed by atoms with E-state index < -0.39 is 34.6 Å². The molecule has 1 aliphatic heterocycles. The molecule has 1 saturated heterocycles. The molecule has 2 aliphatic rings. The highest BCUT2D eigenvalue weighted by atomic mass is 127. The molecule has 178 valence electrons. The van der Waals surface area contributed by atoms with E-state index in [-0.39, 0.29) is 24.3 Å². The number of carbonyl (C=O) groups is 1. The lowest BCUT2D eigenvalue weighted by molar-refractivity contribution is -0.0889. The van der Waals surface area contributed by atoms with Crippen molar-refractivity contribution < 1.29 is 23.1 Å². The zero-order chi connectivity index (χ0) is 23.6. The predicted octanol–water partition coefficient (Wildman–Crippen LogP) is 6.39. The summed E-state index contributed by atoms with van der Waals surface area (Å²) >= 11 is 1.94. The Hall–Kier alpha value is -1.81. The average Bonchev–Trinajstić information content (AvgIpc) is 3.04. The number of halogens is 4. The SMILES string of the molecule is O=C(c1ccc(F)c(F)c1Nc1ccc(I)cc1F)N1CC(O)(CCC2CCCCCC2)C1. The van der Waals surface area contributed by atoms with Crippen molar-refractivity contribution in [1.29, 1.82) is 0 Å². The van der Waals surface area contributed by atoms with Crippen molar-refractivity contribution in [3.05, 3.63) is 56.9 Å². The van der Waals surface area contributed by atoms with E-state index >= 15 is 0 Å². The minimum atomic E-state index is -1.25. The summed E-state index contributed by atoms with van der Waals surface area (Å²) in [6, 6.07) is 6.36. The fourth-order valence-corrected chi connectivity index (χ4v) is 5.29. The average molecular weight is 572 g/mol. The lowest BCUT2D eigenvalue weighted by Gasteiger charge is -2.47. The summed E-state index contributed by atoms with van der Waals surface area (Å²) in [6.45, 7) is 0.295. The van der Waals surface area contributed by atoms with Crippen LogP contribution in [-0.4, -0.2) is 34.6 Å². The standard InChI is InChI=1S/C25H28F3IN2O2/c26-19-9-8-18(23(22(19)28)30-21-10-7-17(29)13-20(21)27)24(32)31-14-25(33,15-31)12-11-16-5-3-1-2-4-6-16/h7-10,13,16,30,33H,1-6,11-12,14-15H2. The zero-order valence-electron chi connectivity index (χ0n) is 18.3. The maximum absolute atomic E-state index is 14.6. The number of anilines is 2. The van der Waals surface area contributed by atoms with E-state index in [1.54, 1.807) is 6.07 Å². The van der Waals surface area contributed by atoms with Crippen molar-refractivity contribution in [1.82, 2.24) is 4.90 Å². The minimum Gasteiger partial charge on any atom is -0.386 e. The summed E-state index contributed by atoms with van der Waals surface area (Å²) < 4.78 is 43.5. The van der Waals surface area contributed by atoms with Gasteiger partial charge in [0.25, 0.3) is 5.91 Å². The van der Waals surface area contributed by atoms with Crippen molar-refractivity contribution in [3.63, 3.8) is 0 Å². The van der Waals surface area contributed by atoms with Crippen molar-refractivity contribution in [2.24, 2.45) is 5.92 Å². The Labute approximate surface area is 205 Å². The molecule has 8 heteroatoms. The van der Waals surface area contributed by atoms with E-state index in [0.717, 1.165) is 12.5 Å². The molecule has 4 nitrogen and oxygen atoms in total. The monoisotopic (exact) mass is 572 g/mol. The third-order valence-corrected chi connectivity index (χ3v) is 7.44. The molecule has 1 saturated carbocycles. The molecule has 2 aromatic carbocycles. The Balaban J connectivity index is 1.45. The quantitative estimate of drug-likeness (QED) is 0.312. The van der Waals surface area contributed by atoms with Crippen LogP contribution in [0.3, 0.4) is 0 Å². The highest BCUT2D eigenvalue weighted by Gasteiger charge is 2.44. The van der Waals surface area contributed by atoms with E-state index in [0.29, 0.717) is 15.9 Å². The Bertz CT molecular complexity index is 1020. The molecule has 2 N–H and O–H groups in total. The van der Waals surface area contributed by atoms with Gasteiger partial charge in [0.1, 0.15) is 5.82 Å². The Morgan fingerprint density at radius 1 is 1.06 bits per heavy atom. The maximum atomic E-state index is 14.6. The summed E-state index contributed by atoms with van der Waals surface area (Å²) in [4.78, 5) is 14.5. The topological polar surface area (TPSA) is 52.6 Å². The van der Waals surface area contributed by atoms with Crippen molar-refractivity contribution in [3.8, 4) is 0 Å². The van der Waals surface area contributed by atoms with Gasteiger partial charge in [0.05, 0.1) is 35.6 Å². The number of hydrogen-bond donors (Lipinski definition) is 2. The summed E-state index contributed by atoms with van der Waals surface area (Å²) in [5.74, 6) is -2.93. The Morgan fingerprint density at radius 3 is 2.42 bits per heavy atom. The first-order valence-corrected chi connectivity index (χ1v) is 12.6. The molecule has 0 aromatic heterocycles. The first kappa shape index (κ1) is 24.3. The highest BCUT2D eigenvalue weighted by Crippen LogP contribution is 2.35. The van der Waals surface area contributed by atoms with Gasteiger partial charge in [0.2, 0.25) is 0 Å². The van der Waals surface area contributed by atoms with Gasteiger partial charge in [-0.3, -0.25) is 4.79 Å². The number of aliphatic hydroxyl groups is 1. The number of amides is 1. The third kappa shape index (κ3) is 5.65. The van der Waals surface area contributed by atoms with Crippen LogP contribution in [0.15, 0.2) is 30.3 Å². The Kier molecular flexibility index (Phi) is 7.53. The van der Waals surface area contributed by atoms with Gasteiger partial charge < -0.3 is 15.3 Å². The molecule has 4 rings (SSSR count). The fourth-order valence-electron chi connectivity index (χ4n) is 4.84. The van der Waals surface area contributed by atoms with E-state index in [4.69, 9.17) is 0 Å². The van der Waals surface area contributed by atoms with Crippen LogP contribution < -0.4 is 5.32 Å². The first-order chi connectivity index (χ1) is 15.8. The molecular formula is C25H28F3IN2O2. The van der Waals surface area contributed by atoms with Crippen molar-refractivity contribution in [2.45, 2.75) is 57.0 Å². The van der Waals surface area contributed by atoms with Crippen LogP contribution in [0.2, 0.25) is 0 Å². The van der Waals surface area contributed by atoms with Crippen LogP contribution in [-0.2, 0) is 0 Å². The highest BCUT2D eigenvalue weighted by molar-refractivity contribution is 14.1. The second-order valence-electron chi connectivity index (χ2n) is 9.31. The lowest BCUT2D eigenvalue weighted by Crippen LogP contribution is -2.63. The molecular weight excluding hydrogens is 544 g/mol. The number of likely N-dealkylation sites (tertiary alicyclic amines) is 1. The number of nitrogens with zero attached hydrogens (tertiary/aromatic N) is 1. The van der Waals surface area contributed by atoms with E-state index in [1.807, 2.05) is 22.6 Å². The van der Waals surface area contributed by atoms with Crippen LogP contribution in [0, 0.1) is 26.9 Å². The number of benzene rings is 2. The molecule has 33 heavy (non-hydrogen) atoms.